The first-order chi connectivity index (χ1) is 14.4. The van der Waals surface area contributed by atoms with E-state index in [4.69, 9.17) is 4.74 Å². The van der Waals surface area contributed by atoms with Gasteiger partial charge in [-0.1, -0.05) is 29.8 Å². The zero-order valence-corrected chi connectivity index (χ0v) is 18.2. The van der Waals surface area contributed by atoms with E-state index in [0.29, 0.717) is 6.54 Å². The monoisotopic (exact) mass is 426 g/mol. The van der Waals surface area contributed by atoms with E-state index in [-0.39, 0.29) is 24.7 Å². The molecule has 1 N–H and O–H groups in total. The maximum Gasteiger partial charge on any atom is 0.307 e. The Labute approximate surface area is 181 Å². The molecule has 0 saturated carbocycles. The Morgan fingerprint density at radius 2 is 1.83 bits per heavy atom. The summed E-state index contributed by atoms with van der Waals surface area (Å²) in [5.41, 5.74) is 2.71. The van der Waals surface area contributed by atoms with Gasteiger partial charge in [-0.15, -0.1) is 11.8 Å². The number of hydrogen-bond donors (Lipinski definition) is 1. The molecular weight excluding hydrogens is 400 g/mol. The molecule has 2 unspecified atom stereocenters. The standard InChI is InChI=1S/C23H26N2O4S/c1-15-4-6-16(7-5-15)20(13-22(27)29-2)24-23(28)17-12-21(26)25(14-17)18-8-10-19(30-3)11-9-18/h4-11,17,20H,12-14H2,1-3H3,(H,24,28). The van der Waals surface area contributed by atoms with Crippen molar-refractivity contribution in [3.63, 3.8) is 0 Å². The predicted molar refractivity (Wildman–Crippen MR) is 117 cm³/mol. The zero-order valence-electron chi connectivity index (χ0n) is 17.4. The number of benzene rings is 2. The summed E-state index contributed by atoms with van der Waals surface area (Å²) in [6.45, 7) is 2.30. The normalized spacial score (nSPS) is 17.0. The number of thioether (sulfide) groups is 1. The summed E-state index contributed by atoms with van der Waals surface area (Å²) in [7, 11) is 1.33. The molecule has 0 radical (unpaired) electrons. The van der Waals surface area contributed by atoms with Gasteiger partial charge in [0.15, 0.2) is 0 Å². The van der Waals surface area contributed by atoms with E-state index in [1.807, 2.05) is 61.7 Å². The number of rotatable bonds is 7. The van der Waals surface area contributed by atoms with Crippen LogP contribution in [0.2, 0.25) is 0 Å². The molecule has 1 fully saturated rings. The van der Waals surface area contributed by atoms with Gasteiger partial charge in [-0.25, -0.2) is 0 Å². The molecule has 1 aliphatic heterocycles. The van der Waals surface area contributed by atoms with Crippen LogP contribution in [0.15, 0.2) is 53.4 Å². The highest BCUT2D eigenvalue weighted by Crippen LogP contribution is 2.28. The number of ether oxygens (including phenoxy) is 1. The Morgan fingerprint density at radius 3 is 2.43 bits per heavy atom. The molecule has 2 aromatic rings. The highest BCUT2D eigenvalue weighted by Gasteiger charge is 2.36. The van der Waals surface area contributed by atoms with Crippen molar-refractivity contribution < 1.29 is 19.1 Å². The fraction of sp³-hybridized carbons (Fsp3) is 0.348. The van der Waals surface area contributed by atoms with Crippen LogP contribution in [0.4, 0.5) is 5.69 Å². The van der Waals surface area contributed by atoms with E-state index in [1.54, 1.807) is 16.7 Å². The lowest BCUT2D eigenvalue weighted by atomic mass is 10.0. The molecule has 2 aromatic carbocycles. The molecule has 7 heteroatoms. The van der Waals surface area contributed by atoms with Crippen LogP contribution in [0.3, 0.4) is 0 Å². The van der Waals surface area contributed by atoms with Gasteiger partial charge in [-0.3, -0.25) is 14.4 Å². The fourth-order valence-corrected chi connectivity index (χ4v) is 3.89. The van der Waals surface area contributed by atoms with Gasteiger partial charge in [0.25, 0.3) is 0 Å². The molecule has 0 aliphatic carbocycles. The van der Waals surface area contributed by atoms with Crippen LogP contribution in [-0.4, -0.2) is 37.7 Å². The van der Waals surface area contributed by atoms with Gasteiger partial charge in [-0.05, 0) is 43.0 Å². The van der Waals surface area contributed by atoms with Gasteiger partial charge in [-0.2, -0.15) is 0 Å². The lowest BCUT2D eigenvalue weighted by Gasteiger charge is -2.21. The van der Waals surface area contributed by atoms with E-state index >= 15 is 0 Å². The summed E-state index contributed by atoms with van der Waals surface area (Å²) in [6.07, 6.45) is 2.18. The number of anilines is 1. The minimum Gasteiger partial charge on any atom is -0.469 e. The van der Waals surface area contributed by atoms with Gasteiger partial charge in [0, 0.05) is 23.5 Å². The van der Waals surface area contributed by atoms with Crippen LogP contribution in [0.5, 0.6) is 0 Å². The first-order valence-corrected chi connectivity index (χ1v) is 11.0. The highest BCUT2D eigenvalue weighted by atomic mass is 32.2. The molecule has 30 heavy (non-hydrogen) atoms. The molecule has 6 nitrogen and oxygen atoms in total. The summed E-state index contributed by atoms with van der Waals surface area (Å²) in [5.74, 6) is -1.19. The van der Waals surface area contributed by atoms with Gasteiger partial charge < -0.3 is 15.0 Å². The Hall–Kier alpha value is -2.80. The molecule has 0 bridgehead atoms. The summed E-state index contributed by atoms with van der Waals surface area (Å²) >= 11 is 1.63. The summed E-state index contributed by atoms with van der Waals surface area (Å²) in [6, 6.07) is 14.9. The second-order valence-electron chi connectivity index (χ2n) is 7.36. The Morgan fingerprint density at radius 1 is 1.17 bits per heavy atom. The maximum atomic E-state index is 12.9. The highest BCUT2D eigenvalue weighted by molar-refractivity contribution is 7.98. The van der Waals surface area contributed by atoms with Crippen molar-refractivity contribution in [2.75, 3.05) is 24.8 Å². The summed E-state index contributed by atoms with van der Waals surface area (Å²) < 4.78 is 4.79. The number of hydrogen-bond acceptors (Lipinski definition) is 5. The zero-order chi connectivity index (χ0) is 21.7. The fourth-order valence-electron chi connectivity index (χ4n) is 3.49. The molecule has 1 aliphatic rings. The maximum absolute atomic E-state index is 12.9. The number of nitrogens with zero attached hydrogens (tertiary/aromatic N) is 1. The molecule has 0 aromatic heterocycles. The first kappa shape index (κ1) is 21.9. The number of aryl methyl sites for hydroxylation is 1. The van der Waals surface area contributed by atoms with Crippen molar-refractivity contribution in [2.45, 2.75) is 30.7 Å². The van der Waals surface area contributed by atoms with Crippen LogP contribution >= 0.6 is 11.8 Å². The molecule has 1 heterocycles. The molecule has 0 spiro atoms. The van der Waals surface area contributed by atoms with Gasteiger partial charge in [0.1, 0.15) is 0 Å². The van der Waals surface area contributed by atoms with Gasteiger partial charge in [0.2, 0.25) is 11.8 Å². The quantitative estimate of drug-likeness (QED) is 0.542. The molecule has 3 rings (SSSR count). The molecule has 158 valence electrons. The van der Waals surface area contributed by atoms with Crippen molar-refractivity contribution in [1.29, 1.82) is 0 Å². The van der Waals surface area contributed by atoms with Crippen molar-refractivity contribution >= 4 is 35.2 Å². The second kappa shape index (κ2) is 9.80. The van der Waals surface area contributed by atoms with Crippen LogP contribution < -0.4 is 10.2 Å². The minimum absolute atomic E-state index is 0.0336. The number of nitrogens with one attached hydrogen (secondary N) is 1. The SMILES string of the molecule is COC(=O)CC(NC(=O)C1CC(=O)N(c2ccc(SC)cc2)C1)c1ccc(C)cc1. The third kappa shape index (κ3) is 5.21. The lowest BCUT2D eigenvalue weighted by molar-refractivity contribution is -0.141. The van der Waals surface area contributed by atoms with E-state index in [2.05, 4.69) is 5.32 Å². The van der Waals surface area contributed by atoms with E-state index in [9.17, 15) is 14.4 Å². The Balaban J connectivity index is 1.71. The smallest absolute Gasteiger partial charge is 0.307 e. The van der Waals surface area contributed by atoms with E-state index < -0.39 is 17.9 Å². The van der Waals surface area contributed by atoms with E-state index in [1.165, 1.54) is 7.11 Å². The van der Waals surface area contributed by atoms with E-state index in [0.717, 1.165) is 21.7 Å². The van der Waals surface area contributed by atoms with Crippen molar-refractivity contribution in [3.05, 3.63) is 59.7 Å². The van der Waals surface area contributed by atoms with Gasteiger partial charge >= 0.3 is 5.97 Å². The number of methoxy groups -OCH3 is 1. The second-order valence-corrected chi connectivity index (χ2v) is 8.24. The lowest BCUT2D eigenvalue weighted by Crippen LogP contribution is -2.36. The Bertz CT molecular complexity index is 912. The van der Waals surface area contributed by atoms with Crippen LogP contribution in [-0.2, 0) is 19.1 Å². The third-order valence-electron chi connectivity index (χ3n) is 5.27. The molecule has 1 saturated heterocycles. The summed E-state index contributed by atoms with van der Waals surface area (Å²) in [5, 5.41) is 2.95. The van der Waals surface area contributed by atoms with Gasteiger partial charge in [0.05, 0.1) is 25.5 Å². The largest absolute Gasteiger partial charge is 0.469 e. The Kier molecular flexibility index (Phi) is 7.15. The third-order valence-corrected chi connectivity index (χ3v) is 6.02. The molecule has 2 atom stereocenters. The van der Waals surface area contributed by atoms with Crippen molar-refractivity contribution in [2.24, 2.45) is 5.92 Å². The minimum atomic E-state index is -0.504. The predicted octanol–water partition coefficient (Wildman–Crippen LogP) is 3.49. The van der Waals surface area contributed by atoms with Crippen molar-refractivity contribution in [3.8, 4) is 0 Å². The number of amides is 2. The van der Waals surface area contributed by atoms with Crippen LogP contribution in [0, 0.1) is 12.8 Å². The molecular formula is C23H26N2O4S. The first-order valence-electron chi connectivity index (χ1n) is 9.79. The van der Waals surface area contributed by atoms with Crippen molar-refractivity contribution in [1.82, 2.24) is 5.32 Å². The molecule has 2 amide bonds. The van der Waals surface area contributed by atoms with Crippen LogP contribution in [0.1, 0.15) is 30.0 Å². The van der Waals surface area contributed by atoms with Crippen LogP contribution in [0.25, 0.3) is 0 Å². The summed E-state index contributed by atoms with van der Waals surface area (Å²) in [4.78, 5) is 40.1. The number of carbonyl (C=O) groups excluding carboxylic acids is 3. The number of esters is 1. The average Bonchev–Trinajstić information content (AvgIpc) is 3.15. The average molecular weight is 427 g/mol. The number of carbonyl (C=O) groups is 3. The topological polar surface area (TPSA) is 75.7 Å².